The van der Waals surface area contributed by atoms with E-state index in [1.807, 2.05) is 6.92 Å². The quantitative estimate of drug-likeness (QED) is 0.905. The van der Waals surface area contributed by atoms with Crippen LogP contribution in [0.2, 0.25) is 0 Å². The van der Waals surface area contributed by atoms with Crippen molar-refractivity contribution in [2.24, 2.45) is 5.41 Å². The van der Waals surface area contributed by atoms with Crippen molar-refractivity contribution in [1.82, 2.24) is 4.90 Å². The van der Waals surface area contributed by atoms with Crippen molar-refractivity contribution >= 4 is 0 Å². The number of ether oxygens (including phenoxy) is 1. The normalized spacial score (nSPS) is 20.2. The van der Waals surface area contributed by atoms with E-state index in [-0.39, 0.29) is 5.41 Å². The van der Waals surface area contributed by atoms with E-state index in [0.717, 1.165) is 32.7 Å². The molecule has 118 valence electrons. The number of morpholine rings is 1. The molecular weight excluding hydrogens is 262 g/mol. The molecule has 1 aliphatic heterocycles. The second-order valence-electron chi connectivity index (χ2n) is 7.21. The van der Waals surface area contributed by atoms with Crippen LogP contribution in [-0.4, -0.2) is 48.5 Å². The lowest BCUT2D eigenvalue weighted by molar-refractivity contribution is -0.0876. The van der Waals surface area contributed by atoms with Gasteiger partial charge in [-0.05, 0) is 31.2 Å². The molecule has 1 aromatic carbocycles. The van der Waals surface area contributed by atoms with Crippen LogP contribution < -0.4 is 0 Å². The third-order valence-corrected chi connectivity index (χ3v) is 4.82. The van der Waals surface area contributed by atoms with Gasteiger partial charge in [-0.15, -0.1) is 0 Å². The van der Waals surface area contributed by atoms with Crippen LogP contribution in [0.25, 0.3) is 0 Å². The smallest absolute Gasteiger partial charge is 0.0799 e. The van der Waals surface area contributed by atoms with Gasteiger partial charge in [0.1, 0.15) is 0 Å². The van der Waals surface area contributed by atoms with Crippen molar-refractivity contribution in [3.05, 3.63) is 35.4 Å². The lowest BCUT2D eigenvalue weighted by atomic mass is 9.71. The summed E-state index contributed by atoms with van der Waals surface area (Å²) in [6, 6.07) is 8.58. The summed E-state index contributed by atoms with van der Waals surface area (Å²) in [5.74, 6) is 0. The number of nitrogens with zero attached hydrogens (tertiary/aromatic N) is 1. The molecule has 0 aliphatic carbocycles. The summed E-state index contributed by atoms with van der Waals surface area (Å²) in [4.78, 5) is 2.31. The van der Waals surface area contributed by atoms with Gasteiger partial charge in [-0.25, -0.2) is 0 Å². The molecule has 0 radical (unpaired) electrons. The first-order valence-electron chi connectivity index (χ1n) is 7.88. The molecule has 3 heteroatoms. The van der Waals surface area contributed by atoms with E-state index in [4.69, 9.17) is 4.74 Å². The number of hydrogen-bond donors (Lipinski definition) is 1. The third kappa shape index (κ3) is 4.29. The maximum atomic E-state index is 11.0. The fourth-order valence-corrected chi connectivity index (χ4v) is 2.93. The minimum absolute atomic E-state index is 0.181. The average Bonchev–Trinajstić information content (AvgIpc) is 2.38. The van der Waals surface area contributed by atoms with E-state index < -0.39 is 5.60 Å². The van der Waals surface area contributed by atoms with E-state index in [2.05, 4.69) is 49.9 Å². The molecule has 21 heavy (non-hydrogen) atoms. The molecule has 2 rings (SSSR count). The van der Waals surface area contributed by atoms with Crippen LogP contribution in [0.1, 0.15) is 31.9 Å². The maximum Gasteiger partial charge on any atom is 0.0799 e. The predicted molar refractivity (Wildman–Crippen MR) is 86.5 cm³/mol. The van der Waals surface area contributed by atoms with E-state index >= 15 is 0 Å². The molecule has 1 aliphatic rings. The van der Waals surface area contributed by atoms with Crippen LogP contribution >= 0.6 is 0 Å². The number of β-amino-alcohol motifs (C(OH)–C–C–N with tert-alkyl or cyclic N) is 1. The zero-order chi connectivity index (χ0) is 15.5. The van der Waals surface area contributed by atoms with Crippen LogP contribution in [0.4, 0.5) is 0 Å². The first-order valence-corrected chi connectivity index (χ1v) is 7.88. The Morgan fingerprint density at radius 2 is 1.86 bits per heavy atom. The molecule has 1 heterocycles. The fraction of sp³-hybridized carbons (Fsp3) is 0.667. The topological polar surface area (TPSA) is 32.7 Å². The van der Waals surface area contributed by atoms with Crippen LogP contribution in [-0.2, 0) is 11.2 Å². The van der Waals surface area contributed by atoms with Crippen LogP contribution in [0.3, 0.4) is 0 Å². The van der Waals surface area contributed by atoms with Crippen LogP contribution in [0.15, 0.2) is 24.3 Å². The molecular formula is C18H29NO2. The van der Waals surface area contributed by atoms with Gasteiger partial charge < -0.3 is 9.84 Å². The van der Waals surface area contributed by atoms with Gasteiger partial charge in [-0.3, -0.25) is 4.90 Å². The summed E-state index contributed by atoms with van der Waals surface area (Å²) in [5, 5.41) is 11.0. The van der Waals surface area contributed by atoms with Crippen molar-refractivity contribution in [3.8, 4) is 0 Å². The highest BCUT2D eigenvalue weighted by molar-refractivity contribution is 5.23. The SMILES string of the molecule is Cc1cccc(CC(C)(C)C(C)(O)CN2CCOCC2)c1. The van der Waals surface area contributed by atoms with Crippen molar-refractivity contribution in [2.75, 3.05) is 32.8 Å². The Bertz CT molecular complexity index is 462. The van der Waals surface area contributed by atoms with Gasteiger partial charge in [0, 0.05) is 19.6 Å². The molecule has 3 nitrogen and oxygen atoms in total. The number of hydrogen-bond acceptors (Lipinski definition) is 3. The van der Waals surface area contributed by atoms with Crippen molar-refractivity contribution in [2.45, 2.75) is 39.7 Å². The van der Waals surface area contributed by atoms with Gasteiger partial charge in [0.15, 0.2) is 0 Å². The summed E-state index contributed by atoms with van der Waals surface area (Å²) >= 11 is 0. The monoisotopic (exact) mass is 291 g/mol. The second-order valence-corrected chi connectivity index (χ2v) is 7.21. The second kappa shape index (κ2) is 6.47. The standard InChI is InChI=1S/C18H29NO2/c1-15-6-5-7-16(12-15)13-17(2,3)18(4,20)14-19-8-10-21-11-9-19/h5-7,12,20H,8-11,13-14H2,1-4H3. The molecule has 0 spiro atoms. The zero-order valence-electron chi connectivity index (χ0n) is 13.9. The predicted octanol–water partition coefficient (Wildman–Crippen LogP) is 2.65. The molecule has 1 saturated heterocycles. The Labute approximate surface area is 128 Å². The molecule has 1 atom stereocenters. The Morgan fingerprint density at radius 1 is 1.19 bits per heavy atom. The first kappa shape index (κ1) is 16.5. The zero-order valence-corrected chi connectivity index (χ0v) is 13.9. The molecule has 1 unspecified atom stereocenters. The maximum absolute atomic E-state index is 11.0. The van der Waals surface area contributed by atoms with Gasteiger partial charge in [0.05, 0.1) is 18.8 Å². The average molecular weight is 291 g/mol. The molecule has 0 aromatic heterocycles. The van der Waals surface area contributed by atoms with Gasteiger partial charge >= 0.3 is 0 Å². The minimum atomic E-state index is -0.728. The van der Waals surface area contributed by atoms with Crippen LogP contribution in [0.5, 0.6) is 0 Å². The van der Waals surface area contributed by atoms with Crippen molar-refractivity contribution < 1.29 is 9.84 Å². The summed E-state index contributed by atoms with van der Waals surface area (Å²) in [5.41, 5.74) is 1.66. The third-order valence-electron chi connectivity index (χ3n) is 4.82. The lowest BCUT2D eigenvalue weighted by Gasteiger charge is -2.44. The molecule has 1 aromatic rings. The number of benzene rings is 1. The molecule has 1 N–H and O–H groups in total. The van der Waals surface area contributed by atoms with Gasteiger partial charge in [-0.2, -0.15) is 0 Å². The highest BCUT2D eigenvalue weighted by Gasteiger charge is 2.40. The van der Waals surface area contributed by atoms with E-state index in [1.54, 1.807) is 0 Å². The van der Waals surface area contributed by atoms with Gasteiger partial charge in [0.25, 0.3) is 0 Å². The van der Waals surface area contributed by atoms with Gasteiger partial charge in [0.2, 0.25) is 0 Å². The fourth-order valence-electron chi connectivity index (χ4n) is 2.93. The molecule has 0 saturated carbocycles. The van der Waals surface area contributed by atoms with E-state index in [0.29, 0.717) is 6.54 Å². The van der Waals surface area contributed by atoms with Crippen molar-refractivity contribution in [1.29, 1.82) is 0 Å². The highest BCUT2D eigenvalue weighted by Crippen LogP contribution is 2.35. The number of aryl methyl sites for hydroxylation is 1. The largest absolute Gasteiger partial charge is 0.388 e. The summed E-state index contributed by atoms with van der Waals surface area (Å²) in [6.07, 6.45) is 0.881. The minimum Gasteiger partial charge on any atom is -0.388 e. The number of rotatable bonds is 5. The Morgan fingerprint density at radius 3 is 2.48 bits per heavy atom. The molecule has 0 bridgehead atoms. The Hall–Kier alpha value is -0.900. The highest BCUT2D eigenvalue weighted by atomic mass is 16.5. The van der Waals surface area contributed by atoms with E-state index in [1.165, 1.54) is 11.1 Å². The van der Waals surface area contributed by atoms with E-state index in [9.17, 15) is 5.11 Å². The Kier molecular flexibility index (Phi) is 5.07. The summed E-state index contributed by atoms with van der Waals surface area (Å²) in [6.45, 7) is 12.5. The number of aliphatic hydroxyl groups is 1. The molecule has 1 fully saturated rings. The molecule has 0 amide bonds. The summed E-state index contributed by atoms with van der Waals surface area (Å²) in [7, 11) is 0. The summed E-state index contributed by atoms with van der Waals surface area (Å²) < 4.78 is 5.39. The lowest BCUT2D eigenvalue weighted by Crippen LogP contribution is -2.53. The first-order chi connectivity index (χ1) is 9.80. The van der Waals surface area contributed by atoms with Crippen molar-refractivity contribution in [3.63, 3.8) is 0 Å². The van der Waals surface area contributed by atoms with Crippen LogP contribution in [0, 0.1) is 12.3 Å². The Balaban J connectivity index is 2.05. The van der Waals surface area contributed by atoms with Gasteiger partial charge in [-0.1, -0.05) is 43.7 Å².